The number of thiophene rings is 1. The molecule has 258 valence electrons. The van der Waals surface area contributed by atoms with Crippen molar-refractivity contribution in [1.29, 1.82) is 0 Å². The van der Waals surface area contributed by atoms with E-state index in [2.05, 4.69) is 103 Å². The minimum Gasteiger partial charge on any atom is -0.208 e. The summed E-state index contributed by atoms with van der Waals surface area (Å²) in [6.07, 6.45) is 0. The molecule has 0 saturated carbocycles. The van der Waals surface area contributed by atoms with E-state index in [0.29, 0.717) is 17.2 Å². The van der Waals surface area contributed by atoms with Crippen molar-refractivity contribution in [3.05, 3.63) is 200 Å². The summed E-state index contributed by atoms with van der Waals surface area (Å²) < 4.78 is 44.5. The summed E-state index contributed by atoms with van der Waals surface area (Å²) in [5, 5.41) is 2.25. The first-order chi connectivity index (χ1) is 29.3. The molecule has 0 atom stereocenters. The average Bonchev–Trinajstić information content (AvgIpc) is 3.68. The van der Waals surface area contributed by atoms with Gasteiger partial charge in [0.1, 0.15) is 0 Å². The highest BCUT2D eigenvalue weighted by atomic mass is 32.1. The third kappa shape index (κ3) is 6.50. The molecule has 4 heteroatoms. The van der Waals surface area contributed by atoms with Crippen molar-refractivity contribution >= 4 is 31.5 Å². The first-order valence-electron chi connectivity index (χ1n) is 20.5. The zero-order valence-electron chi connectivity index (χ0n) is 34.4. The van der Waals surface area contributed by atoms with Crippen LogP contribution in [-0.2, 0) is 0 Å². The third-order valence-electron chi connectivity index (χ3n) is 9.86. The lowest BCUT2D eigenvalue weighted by Gasteiger charge is -2.10. The molecule has 0 radical (unpaired) electrons. The predicted molar refractivity (Wildman–Crippen MR) is 231 cm³/mol. The molecular weight excluding hydrogens is 687 g/mol. The summed E-state index contributed by atoms with van der Waals surface area (Å²) in [6.45, 7) is 0. The van der Waals surface area contributed by atoms with Crippen molar-refractivity contribution in [2.75, 3.05) is 0 Å². The molecule has 0 aliphatic rings. The molecule has 0 bridgehead atoms. The Labute approximate surface area is 331 Å². The standard InChI is InChI=1S/C51H33N3S/c1-4-11-34(12-5-1)36-19-21-37(22-20-36)38-23-25-39(26-24-38)42-28-30-47-46(32-42)45-29-27-44(33-48(45)55-47)51-53-49(40-15-8-3-9-16-40)52-50(54-51)43-18-10-17-41(31-43)35-13-6-2-7-14-35/h1-33H/i3D,8D,9D,15D,16D. The SMILES string of the molecule is [2H]c1c([2H])c([2H])c(-c2nc(-c3cccc(-c4ccccc4)c3)nc(-c3ccc4c(c3)sc3ccc(-c5ccc(-c6ccc(-c7ccccc7)cc6)cc5)cc34)n2)c([2H])c1[2H]. The van der Waals surface area contributed by atoms with Crippen molar-refractivity contribution in [2.45, 2.75) is 0 Å². The van der Waals surface area contributed by atoms with Crippen LogP contribution in [0.3, 0.4) is 0 Å². The topological polar surface area (TPSA) is 38.7 Å². The van der Waals surface area contributed by atoms with Gasteiger partial charge in [-0.05, 0) is 68.8 Å². The van der Waals surface area contributed by atoms with Gasteiger partial charge in [0.05, 0.1) is 6.85 Å². The molecule has 10 rings (SSSR count). The van der Waals surface area contributed by atoms with Crippen LogP contribution in [-0.4, -0.2) is 15.0 Å². The van der Waals surface area contributed by atoms with Crippen molar-refractivity contribution in [1.82, 2.24) is 15.0 Å². The van der Waals surface area contributed by atoms with E-state index < -0.39 is 18.1 Å². The number of hydrogen-bond acceptors (Lipinski definition) is 4. The van der Waals surface area contributed by atoms with E-state index >= 15 is 0 Å². The lowest BCUT2D eigenvalue weighted by Crippen LogP contribution is -2.00. The molecule has 2 aromatic heterocycles. The molecule has 0 N–H and O–H groups in total. The van der Waals surface area contributed by atoms with Gasteiger partial charge in [-0.25, -0.2) is 15.0 Å². The fourth-order valence-corrected chi connectivity index (χ4v) is 8.14. The largest absolute Gasteiger partial charge is 0.208 e. The van der Waals surface area contributed by atoms with E-state index in [1.807, 2.05) is 66.7 Å². The van der Waals surface area contributed by atoms with Gasteiger partial charge in [0.15, 0.2) is 17.5 Å². The average molecular weight is 725 g/mol. The smallest absolute Gasteiger partial charge is 0.164 e. The Morgan fingerprint density at radius 1 is 0.309 bits per heavy atom. The van der Waals surface area contributed by atoms with E-state index in [1.54, 1.807) is 11.3 Å². The Kier molecular flexibility index (Phi) is 7.06. The van der Waals surface area contributed by atoms with Crippen LogP contribution in [0.2, 0.25) is 0 Å². The normalized spacial score (nSPS) is 12.5. The summed E-state index contributed by atoms with van der Waals surface area (Å²) in [7, 11) is 0. The van der Waals surface area contributed by atoms with Gasteiger partial charge >= 0.3 is 0 Å². The number of fused-ring (bicyclic) bond motifs is 3. The van der Waals surface area contributed by atoms with Gasteiger partial charge in [-0.2, -0.15) is 0 Å². The summed E-state index contributed by atoms with van der Waals surface area (Å²) in [4.78, 5) is 14.5. The summed E-state index contributed by atoms with van der Waals surface area (Å²) in [5.74, 6) is 0.672. The lowest BCUT2D eigenvalue weighted by atomic mass is 9.97. The second-order valence-electron chi connectivity index (χ2n) is 13.3. The Hall–Kier alpha value is -7.01. The molecule has 10 aromatic rings. The van der Waals surface area contributed by atoms with Crippen LogP contribution in [0.25, 0.3) is 98.8 Å². The van der Waals surface area contributed by atoms with Gasteiger partial charge in [-0.1, -0.05) is 176 Å². The monoisotopic (exact) mass is 724 g/mol. The Bertz CT molecular complexity index is 3210. The third-order valence-corrected chi connectivity index (χ3v) is 11.0. The fourth-order valence-electron chi connectivity index (χ4n) is 7.01. The number of benzene rings is 8. The van der Waals surface area contributed by atoms with Crippen LogP contribution in [0.5, 0.6) is 0 Å². The van der Waals surface area contributed by atoms with Gasteiger partial charge in [0.25, 0.3) is 0 Å². The van der Waals surface area contributed by atoms with Gasteiger partial charge in [0.2, 0.25) is 0 Å². The second-order valence-corrected chi connectivity index (χ2v) is 14.4. The number of aromatic nitrogens is 3. The maximum absolute atomic E-state index is 8.73. The molecule has 55 heavy (non-hydrogen) atoms. The first-order valence-corrected chi connectivity index (χ1v) is 18.8. The second kappa shape index (κ2) is 14.1. The Morgan fingerprint density at radius 2 is 0.745 bits per heavy atom. The highest BCUT2D eigenvalue weighted by molar-refractivity contribution is 7.25. The molecule has 0 unspecified atom stereocenters. The zero-order valence-corrected chi connectivity index (χ0v) is 30.2. The van der Waals surface area contributed by atoms with Crippen LogP contribution < -0.4 is 0 Å². The Balaban J connectivity index is 1.02. The maximum atomic E-state index is 8.73. The number of rotatable bonds is 7. The Morgan fingerprint density at radius 3 is 1.36 bits per heavy atom. The molecule has 0 amide bonds. The van der Waals surface area contributed by atoms with E-state index in [0.717, 1.165) is 53.6 Å². The van der Waals surface area contributed by atoms with Crippen molar-refractivity contribution in [3.63, 3.8) is 0 Å². The van der Waals surface area contributed by atoms with Crippen LogP contribution in [0.1, 0.15) is 6.85 Å². The minimum absolute atomic E-state index is 0.00779. The lowest BCUT2D eigenvalue weighted by molar-refractivity contribution is 1.07. The van der Waals surface area contributed by atoms with E-state index in [4.69, 9.17) is 21.8 Å². The number of hydrogen-bond donors (Lipinski definition) is 0. The summed E-state index contributed by atoms with van der Waals surface area (Å²) in [5.41, 5.74) is 10.3. The highest BCUT2D eigenvalue weighted by Crippen LogP contribution is 2.39. The van der Waals surface area contributed by atoms with E-state index in [-0.39, 0.29) is 23.5 Å². The van der Waals surface area contributed by atoms with Crippen LogP contribution in [0, 0.1) is 0 Å². The maximum Gasteiger partial charge on any atom is 0.164 e. The predicted octanol–water partition coefficient (Wildman–Crippen LogP) is 13.9. The minimum atomic E-state index is -0.473. The fraction of sp³-hybridized carbons (Fsp3) is 0. The molecule has 0 fully saturated rings. The van der Waals surface area contributed by atoms with Gasteiger partial charge in [-0.15, -0.1) is 11.3 Å². The molecular formula is C51H33N3S. The van der Waals surface area contributed by atoms with Gasteiger partial charge < -0.3 is 0 Å². The highest BCUT2D eigenvalue weighted by Gasteiger charge is 2.15. The van der Waals surface area contributed by atoms with E-state index in [1.165, 1.54) is 16.7 Å². The van der Waals surface area contributed by atoms with Gasteiger partial charge in [-0.3, -0.25) is 0 Å². The molecule has 0 aliphatic carbocycles. The van der Waals surface area contributed by atoms with E-state index in [9.17, 15) is 0 Å². The van der Waals surface area contributed by atoms with Gasteiger partial charge in [0, 0.05) is 36.9 Å². The zero-order chi connectivity index (χ0) is 40.9. The molecule has 2 heterocycles. The molecule has 3 nitrogen and oxygen atoms in total. The number of nitrogens with zero attached hydrogens (tertiary/aromatic N) is 3. The molecule has 0 saturated heterocycles. The summed E-state index contributed by atoms with van der Waals surface area (Å²) >= 11 is 1.68. The van der Waals surface area contributed by atoms with Crippen molar-refractivity contribution in [3.8, 4) is 78.7 Å². The molecule has 0 aliphatic heterocycles. The molecule has 8 aromatic carbocycles. The van der Waals surface area contributed by atoms with Crippen molar-refractivity contribution < 1.29 is 6.85 Å². The van der Waals surface area contributed by atoms with Crippen LogP contribution in [0.4, 0.5) is 0 Å². The van der Waals surface area contributed by atoms with Crippen LogP contribution >= 0.6 is 11.3 Å². The van der Waals surface area contributed by atoms with Crippen LogP contribution in [0.15, 0.2) is 200 Å². The van der Waals surface area contributed by atoms with Crippen molar-refractivity contribution in [2.24, 2.45) is 0 Å². The quantitative estimate of drug-likeness (QED) is 0.164. The summed E-state index contributed by atoms with van der Waals surface area (Å²) in [6, 6.07) is 56.2. The first kappa shape index (κ1) is 27.6. The molecule has 0 spiro atoms.